The van der Waals surface area contributed by atoms with E-state index in [1.165, 1.54) is 0 Å². The highest BCUT2D eigenvalue weighted by Gasteiger charge is 2.25. The Hall–Kier alpha value is -0.970. The van der Waals surface area contributed by atoms with Crippen molar-refractivity contribution in [2.75, 3.05) is 0 Å². The molecule has 1 atom stereocenters. The third-order valence-corrected chi connectivity index (χ3v) is 2.69. The average molecular weight is 307 g/mol. The number of esters is 1. The predicted octanol–water partition coefficient (Wildman–Crippen LogP) is 3.74. The van der Waals surface area contributed by atoms with Crippen LogP contribution in [0.4, 0.5) is 8.78 Å². The molecule has 0 bridgehead atoms. The molecule has 0 saturated heterocycles. The first-order valence-electron chi connectivity index (χ1n) is 5.02. The zero-order valence-electron chi connectivity index (χ0n) is 9.76. The number of hydrogen-bond donors (Lipinski definition) is 0. The van der Waals surface area contributed by atoms with Crippen molar-refractivity contribution >= 4 is 21.9 Å². The summed E-state index contributed by atoms with van der Waals surface area (Å²) in [5.74, 6) is -2.04. The maximum Gasteiger partial charge on any atom is 0.324 e. The third-order valence-electron chi connectivity index (χ3n) is 1.79. The highest BCUT2D eigenvalue weighted by molar-refractivity contribution is 9.09. The van der Waals surface area contributed by atoms with Crippen LogP contribution >= 0.6 is 15.9 Å². The van der Waals surface area contributed by atoms with Crippen LogP contribution in [0.3, 0.4) is 0 Å². The SMILES string of the molecule is CC(C)(C)OC(=O)[C@@H](Br)c1cc(F)cc(F)c1. The molecular weight excluding hydrogens is 294 g/mol. The summed E-state index contributed by atoms with van der Waals surface area (Å²) in [6, 6.07) is 2.93. The van der Waals surface area contributed by atoms with Crippen LogP contribution < -0.4 is 0 Å². The molecule has 5 heteroatoms. The summed E-state index contributed by atoms with van der Waals surface area (Å²) >= 11 is 3.06. The van der Waals surface area contributed by atoms with Crippen molar-refractivity contribution in [1.29, 1.82) is 0 Å². The summed E-state index contributed by atoms with van der Waals surface area (Å²) in [4.78, 5) is 10.8. The van der Waals surface area contributed by atoms with Crippen LogP contribution in [0, 0.1) is 11.6 Å². The molecule has 1 rings (SSSR count). The molecule has 1 aromatic carbocycles. The molecule has 0 unspecified atom stereocenters. The maximum absolute atomic E-state index is 13.0. The van der Waals surface area contributed by atoms with E-state index >= 15 is 0 Å². The standard InChI is InChI=1S/C12H13BrF2O2/c1-12(2,3)17-11(16)10(13)7-4-8(14)6-9(15)5-7/h4-6,10H,1-3H3/t10-/m0/s1. The fourth-order valence-corrected chi connectivity index (χ4v) is 1.57. The van der Waals surface area contributed by atoms with Crippen LogP contribution in [0.25, 0.3) is 0 Å². The monoisotopic (exact) mass is 306 g/mol. The van der Waals surface area contributed by atoms with Gasteiger partial charge in [0.05, 0.1) is 0 Å². The average Bonchev–Trinajstić information content (AvgIpc) is 2.12. The predicted molar refractivity (Wildman–Crippen MR) is 63.9 cm³/mol. The minimum atomic E-state index is -0.882. The molecule has 17 heavy (non-hydrogen) atoms. The van der Waals surface area contributed by atoms with E-state index in [4.69, 9.17) is 4.74 Å². The van der Waals surface area contributed by atoms with E-state index in [9.17, 15) is 13.6 Å². The Morgan fingerprint density at radius 2 is 1.71 bits per heavy atom. The van der Waals surface area contributed by atoms with Gasteiger partial charge in [0.2, 0.25) is 0 Å². The first-order chi connectivity index (χ1) is 7.69. The van der Waals surface area contributed by atoms with E-state index in [-0.39, 0.29) is 5.56 Å². The molecule has 0 aromatic heterocycles. The molecule has 0 saturated carbocycles. The molecule has 0 spiro atoms. The molecule has 0 amide bonds. The van der Waals surface area contributed by atoms with Crippen LogP contribution in [0.1, 0.15) is 31.2 Å². The smallest absolute Gasteiger partial charge is 0.324 e. The van der Waals surface area contributed by atoms with Gasteiger partial charge in [-0.15, -0.1) is 0 Å². The molecule has 0 N–H and O–H groups in total. The summed E-state index contributed by atoms with van der Waals surface area (Å²) in [5.41, 5.74) is -0.452. The third kappa shape index (κ3) is 4.42. The fourth-order valence-electron chi connectivity index (χ4n) is 1.21. The van der Waals surface area contributed by atoms with Crippen molar-refractivity contribution in [3.05, 3.63) is 35.4 Å². The van der Waals surface area contributed by atoms with Gasteiger partial charge < -0.3 is 4.74 Å². The molecular formula is C12H13BrF2O2. The quantitative estimate of drug-likeness (QED) is 0.614. The van der Waals surface area contributed by atoms with E-state index < -0.39 is 28.0 Å². The minimum Gasteiger partial charge on any atom is -0.459 e. The van der Waals surface area contributed by atoms with E-state index in [0.717, 1.165) is 18.2 Å². The van der Waals surface area contributed by atoms with Gasteiger partial charge >= 0.3 is 5.97 Å². The lowest BCUT2D eigenvalue weighted by atomic mass is 10.1. The zero-order valence-corrected chi connectivity index (χ0v) is 11.3. The normalized spacial score (nSPS) is 13.3. The summed E-state index contributed by atoms with van der Waals surface area (Å²) in [6.45, 7) is 5.16. The largest absolute Gasteiger partial charge is 0.459 e. The Morgan fingerprint density at radius 3 is 2.12 bits per heavy atom. The van der Waals surface area contributed by atoms with Gasteiger partial charge in [-0.05, 0) is 38.5 Å². The topological polar surface area (TPSA) is 26.3 Å². The first kappa shape index (κ1) is 14.1. The van der Waals surface area contributed by atoms with Gasteiger partial charge in [0, 0.05) is 6.07 Å². The van der Waals surface area contributed by atoms with Gasteiger partial charge in [-0.1, -0.05) is 15.9 Å². The van der Waals surface area contributed by atoms with Crippen LogP contribution in [-0.2, 0) is 9.53 Å². The summed E-state index contributed by atoms with van der Waals surface area (Å²) in [5, 5.41) is 0. The molecule has 2 nitrogen and oxygen atoms in total. The van der Waals surface area contributed by atoms with Crippen molar-refractivity contribution < 1.29 is 18.3 Å². The highest BCUT2D eigenvalue weighted by atomic mass is 79.9. The molecule has 94 valence electrons. The number of hydrogen-bond acceptors (Lipinski definition) is 2. The lowest BCUT2D eigenvalue weighted by molar-refractivity contribution is -0.154. The van der Waals surface area contributed by atoms with Gasteiger partial charge in [0.1, 0.15) is 22.1 Å². The van der Waals surface area contributed by atoms with Crippen LogP contribution in [0.15, 0.2) is 18.2 Å². The van der Waals surface area contributed by atoms with E-state index in [1.807, 2.05) is 0 Å². The van der Waals surface area contributed by atoms with E-state index in [1.54, 1.807) is 20.8 Å². The Kier molecular flexibility index (Phi) is 4.25. The van der Waals surface area contributed by atoms with Crippen molar-refractivity contribution in [3.8, 4) is 0 Å². The van der Waals surface area contributed by atoms with Crippen molar-refractivity contribution in [3.63, 3.8) is 0 Å². The second kappa shape index (κ2) is 5.12. The molecule has 0 heterocycles. The number of carbonyl (C=O) groups is 1. The van der Waals surface area contributed by atoms with Gasteiger partial charge in [-0.2, -0.15) is 0 Å². The lowest BCUT2D eigenvalue weighted by Gasteiger charge is -2.21. The number of ether oxygens (including phenoxy) is 1. The molecule has 0 radical (unpaired) electrons. The van der Waals surface area contributed by atoms with Crippen molar-refractivity contribution in [1.82, 2.24) is 0 Å². The number of alkyl halides is 1. The second-order valence-electron chi connectivity index (χ2n) is 4.60. The van der Waals surface area contributed by atoms with Gasteiger partial charge in [0.25, 0.3) is 0 Å². The molecule has 0 aliphatic carbocycles. The first-order valence-corrected chi connectivity index (χ1v) is 5.93. The Balaban J connectivity index is 2.89. The Labute approximate surface area is 107 Å². The van der Waals surface area contributed by atoms with Crippen molar-refractivity contribution in [2.45, 2.75) is 31.2 Å². The van der Waals surface area contributed by atoms with Crippen LogP contribution in [0.5, 0.6) is 0 Å². The van der Waals surface area contributed by atoms with Crippen LogP contribution in [-0.4, -0.2) is 11.6 Å². The number of halogens is 3. The summed E-state index contributed by atoms with van der Waals surface area (Å²) < 4.78 is 31.1. The summed E-state index contributed by atoms with van der Waals surface area (Å²) in [7, 11) is 0. The lowest BCUT2D eigenvalue weighted by Crippen LogP contribution is -2.26. The highest BCUT2D eigenvalue weighted by Crippen LogP contribution is 2.27. The number of benzene rings is 1. The second-order valence-corrected chi connectivity index (χ2v) is 5.51. The Morgan fingerprint density at radius 1 is 1.24 bits per heavy atom. The van der Waals surface area contributed by atoms with Crippen molar-refractivity contribution in [2.24, 2.45) is 0 Å². The van der Waals surface area contributed by atoms with Crippen LogP contribution in [0.2, 0.25) is 0 Å². The Bertz CT molecular complexity index is 407. The molecule has 0 aliphatic rings. The number of carbonyl (C=O) groups excluding carboxylic acids is 1. The van der Waals surface area contributed by atoms with E-state index in [0.29, 0.717) is 0 Å². The van der Waals surface area contributed by atoms with Gasteiger partial charge in [0.15, 0.2) is 0 Å². The van der Waals surface area contributed by atoms with E-state index in [2.05, 4.69) is 15.9 Å². The summed E-state index contributed by atoms with van der Waals surface area (Å²) in [6.07, 6.45) is 0. The zero-order chi connectivity index (χ0) is 13.2. The molecule has 0 fully saturated rings. The fraction of sp³-hybridized carbons (Fsp3) is 0.417. The van der Waals surface area contributed by atoms with Gasteiger partial charge in [-0.25, -0.2) is 8.78 Å². The maximum atomic E-state index is 13.0. The number of rotatable bonds is 2. The van der Waals surface area contributed by atoms with Gasteiger partial charge in [-0.3, -0.25) is 4.79 Å². The molecule has 1 aromatic rings. The minimum absolute atomic E-state index is 0.191. The molecule has 0 aliphatic heterocycles.